The molecule has 0 radical (unpaired) electrons. The number of ether oxygens (including phenoxy) is 4. The van der Waals surface area contributed by atoms with E-state index in [0.717, 1.165) is 62.0 Å². The van der Waals surface area contributed by atoms with E-state index in [0.29, 0.717) is 5.75 Å². The summed E-state index contributed by atoms with van der Waals surface area (Å²) < 4.78 is 23.3. The van der Waals surface area contributed by atoms with Crippen molar-refractivity contribution < 1.29 is 28.8 Å². The van der Waals surface area contributed by atoms with Crippen LogP contribution in [-0.4, -0.2) is 24.3 Å². The molecule has 7 aromatic carbocycles. The van der Waals surface area contributed by atoms with E-state index in [1.165, 1.54) is 0 Å². The second-order valence-electron chi connectivity index (χ2n) is 12.2. The number of para-hydroxylation sites is 2. The van der Waals surface area contributed by atoms with E-state index >= 15 is 0 Å². The molecule has 0 saturated heterocycles. The molecule has 0 unspecified atom stereocenters. The molecule has 0 saturated carbocycles. The van der Waals surface area contributed by atoms with E-state index in [1.807, 2.05) is 91.0 Å². The van der Waals surface area contributed by atoms with Gasteiger partial charge in [0.1, 0.15) is 41.1 Å². The molecule has 0 spiro atoms. The first-order valence-corrected chi connectivity index (χ1v) is 17.7. The maximum absolute atomic E-state index is 10.9. The van der Waals surface area contributed by atoms with Gasteiger partial charge in [-0.1, -0.05) is 121 Å². The van der Waals surface area contributed by atoms with Crippen molar-refractivity contribution in [1.29, 1.82) is 0 Å². The number of benzene rings is 7. The fourth-order valence-corrected chi connectivity index (χ4v) is 6.04. The highest BCUT2D eigenvalue weighted by Gasteiger charge is 2.10. The van der Waals surface area contributed by atoms with Gasteiger partial charge in [0.15, 0.2) is 6.61 Å². The summed E-state index contributed by atoms with van der Waals surface area (Å²) in [5.41, 5.74) is 7.36. The van der Waals surface area contributed by atoms with Crippen LogP contribution in [0, 0.1) is 0 Å². The normalized spacial score (nSPS) is 10.6. The standard InChI is InChI=1S/C47H35ClO6/c48-45-31-43(27-28-46(45)52-32-47(49)50)51-30-29-44(37-15-11-33(12-16-37)35-19-23-41(24-20-35)53-39-7-3-1-4-8-39)38-17-13-34(14-18-38)36-21-25-42(26-22-36)54-40-9-5-2-6-10-40/h1-29,31H,30,32H2,(H,49,50). The predicted molar refractivity (Wildman–Crippen MR) is 214 cm³/mol. The van der Waals surface area contributed by atoms with Crippen LogP contribution >= 0.6 is 11.6 Å². The van der Waals surface area contributed by atoms with Gasteiger partial charge in [-0.25, -0.2) is 4.79 Å². The molecule has 0 aromatic heterocycles. The van der Waals surface area contributed by atoms with Crippen LogP contribution in [0.15, 0.2) is 182 Å². The Morgan fingerprint density at radius 1 is 0.500 bits per heavy atom. The van der Waals surface area contributed by atoms with E-state index < -0.39 is 12.6 Å². The van der Waals surface area contributed by atoms with Gasteiger partial charge in [0, 0.05) is 6.07 Å². The first kappa shape index (κ1) is 35.6. The summed E-state index contributed by atoms with van der Waals surface area (Å²) in [5.74, 6) is 2.86. The number of carboxylic acid groups (broad SMARTS) is 1. The Balaban J connectivity index is 1.10. The molecule has 1 N–H and O–H groups in total. The Labute approximate surface area is 319 Å². The zero-order valence-electron chi connectivity index (χ0n) is 29.1. The first-order valence-electron chi connectivity index (χ1n) is 17.3. The number of rotatable bonds is 14. The smallest absolute Gasteiger partial charge is 0.341 e. The molecule has 0 heterocycles. The summed E-state index contributed by atoms with van der Waals surface area (Å²) in [5, 5.41) is 9.19. The molecule has 7 aromatic rings. The molecule has 0 atom stereocenters. The van der Waals surface area contributed by atoms with Crippen molar-refractivity contribution in [2.75, 3.05) is 13.2 Å². The molecule has 0 fully saturated rings. The Morgan fingerprint density at radius 2 is 0.907 bits per heavy atom. The van der Waals surface area contributed by atoms with E-state index in [-0.39, 0.29) is 17.4 Å². The SMILES string of the molecule is O=C(O)COc1ccc(OCC=C(c2ccc(-c3ccc(Oc4ccccc4)cc3)cc2)c2ccc(-c3ccc(Oc4ccccc4)cc3)cc2)cc1Cl. The van der Waals surface area contributed by atoms with Gasteiger partial charge < -0.3 is 24.1 Å². The molecule has 0 aliphatic heterocycles. The van der Waals surface area contributed by atoms with Crippen LogP contribution in [0.25, 0.3) is 27.8 Å². The summed E-state index contributed by atoms with van der Waals surface area (Å²) in [6.45, 7) is -0.220. The lowest BCUT2D eigenvalue weighted by Gasteiger charge is -2.13. The molecule has 7 rings (SSSR count). The highest BCUT2D eigenvalue weighted by Crippen LogP contribution is 2.33. The Hall–Kier alpha value is -6.76. The molecule has 0 bridgehead atoms. The minimum Gasteiger partial charge on any atom is -0.489 e. The zero-order chi connectivity index (χ0) is 37.1. The Morgan fingerprint density at radius 3 is 1.33 bits per heavy atom. The van der Waals surface area contributed by atoms with Crippen LogP contribution < -0.4 is 18.9 Å². The Bertz CT molecular complexity index is 2190. The van der Waals surface area contributed by atoms with Crippen LogP contribution in [-0.2, 0) is 4.79 Å². The van der Waals surface area contributed by atoms with Gasteiger partial charge in [-0.3, -0.25) is 0 Å². The number of aliphatic carboxylic acids is 1. The first-order chi connectivity index (χ1) is 26.5. The molecule has 7 heteroatoms. The lowest BCUT2D eigenvalue weighted by Crippen LogP contribution is -2.09. The van der Waals surface area contributed by atoms with Crippen LogP contribution in [0.2, 0.25) is 5.02 Å². The predicted octanol–water partition coefficient (Wildman–Crippen LogP) is 12.2. The van der Waals surface area contributed by atoms with E-state index in [9.17, 15) is 4.79 Å². The number of carboxylic acids is 1. The second kappa shape index (κ2) is 17.2. The maximum Gasteiger partial charge on any atom is 0.341 e. The monoisotopic (exact) mass is 730 g/mol. The molecular weight excluding hydrogens is 696 g/mol. The summed E-state index contributed by atoms with van der Waals surface area (Å²) >= 11 is 6.34. The minimum absolute atomic E-state index is 0.260. The quantitative estimate of drug-likeness (QED) is 0.120. The third-order valence-corrected chi connectivity index (χ3v) is 8.81. The van der Waals surface area contributed by atoms with Crippen molar-refractivity contribution in [3.05, 3.63) is 198 Å². The maximum atomic E-state index is 10.9. The van der Waals surface area contributed by atoms with Gasteiger partial charge in [-0.15, -0.1) is 0 Å². The number of halogens is 1. The molecule has 54 heavy (non-hydrogen) atoms. The number of hydrogen-bond acceptors (Lipinski definition) is 5. The van der Waals surface area contributed by atoms with Gasteiger partial charge in [-0.2, -0.15) is 0 Å². The summed E-state index contributed by atoms with van der Waals surface area (Å²) in [6, 6.07) is 57.4. The third-order valence-electron chi connectivity index (χ3n) is 8.52. The molecular formula is C47H35ClO6. The fourth-order valence-electron chi connectivity index (χ4n) is 5.82. The highest BCUT2D eigenvalue weighted by atomic mass is 35.5. The Kier molecular flexibility index (Phi) is 11.3. The van der Waals surface area contributed by atoms with Crippen LogP contribution in [0.4, 0.5) is 0 Å². The van der Waals surface area contributed by atoms with Crippen molar-refractivity contribution >= 4 is 23.1 Å². The highest BCUT2D eigenvalue weighted by molar-refractivity contribution is 6.32. The van der Waals surface area contributed by atoms with Crippen molar-refractivity contribution in [1.82, 2.24) is 0 Å². The van der Waals surface area contributed by atoms with Crippen LogP contribution in [0.3, 0.4) is 0 Å². The van der Waals surface area contributed by atoms with E-state index in [1.54, 1.807) is 18.2 Å². The molecule has 0 aliphatic carbocycles. The fraction of sp³-hybridized carbons (Fsp3) is 0.0426. The van der Waals surface area contributed by atoms with Crippen molar-refractivity contribution in [3.63, 3.8) is 0 Å². The van der Waals surface area contributed by atoms with Gasteiger partial charge in [0.05, 0.1) is 5.02 Å². The van der Waals surface area contributed by atoms with Gasteiger partial charge in [0.25, 0.3) is 0 Å². The third kappa shape index (κ3) is 9.36. The van der Waals surface area contributed by atoms with Gasteiger partial charge >= 0.3 is 5.97 Å². The second-order valence-corrected chi connectivity index (χ2v) is 12.6. The van der Waals surface area contributed by atoms with Crippen molar-refractivity contribution in [2.24, 2.45) is 0 Å². The molecule has 6 nitrogen and oxygen atoms in total. The van der Waals surface area contributed by atoms with Crippen LogP contribution in [0.5, 0.6) is 34.5 Å². The molecule has 0 amide bonds. The molecule has 0 aliphatic rings. The van der Waals surface area contributed by atoms with Crippen molar-refractivity contribution in [3.8, 4) is 56.8 Å². The van der Waals surface area contributed by atoms with Crippen LogP contribution in [0.1, 0.15) is 11.1 Å². The number of carbonyl (C=O) groups is 1. The average Bonchev–Trinajstić information content (AvgIpc) is 3.21. The molecule has 266 valence electrons. The van der Waals surface area contributed by atoms with E-state index in [4.69, 9.17) is 35.7 Å². The zero-order valence-corrected chi connectivity index (χ0v) is 29.9. The lowest BCUT2D eigenvalue weighted by molar-refractivity contribution is -0.139. The lowest BCUT2D eigenvalue weighted by atomic mass is 9.94. The number of hydrogen-bond donors (Lipinski definition) is 1. The van der Waals surface area contributed by atoms with Gasteiger partial charge in [-0.05, 0) is 106 Å². The summed E-state index contributed by atoms with van der Waals surface area (Å²) in [7, 11) is 0. The summed E-state index contributed by atoms with van der Waals surface area (Å²) in [4.78, 5) is 10.9. The largest absolute Gasteiger partial charge is 0.489 e. The average molecular weight is 731 g/mol. The summed E-state index contributed by atoms with van der Waals surface area (Å²) in [6.07, 6.45) is 2.04. The van der Waals surface area contributed by atoms with E-state index in [2.05, 4.69) is 72.8 Å². The van der Waals surface area contributed by atoms with Crippen molar-refractivity contribution in [2.45, 2.75) is 0 Å². The minimum atomic E-state index is -1.08. The topological polar surface area (TPSA) is 74.2 Å². The van der Waals surface area contributed by atoms with Gasteiger partial charge in [0.2, 0.25) is 0 Å².